The number of aromatic amines is 1. The normalized spacial score (nSPS) is 11.2. The number of hydrogen-bond acceptors (Lipinski definition) is 5. The Labute approximate surface area is 141 Å². The van der Waals surface area contributed by atoms with Crippen molar-refractivity contribution in [2.75, 3.05) is 0 Å². The van der Waals surface area contributed by atoms with Crippen molar-refractivity contribution in [2.24, 2.45) is 0 Å². The second kappa shape index (κ2) is 6.01. The Balaban J connectivity index is 1.72. The summed E-state index contributed by atoms with van der Waals surface area (Å²) in [4.78, 5) is 12.0. The second-order valence-corrected chi connectivity index (χ2v) is 6.30. The molecule has 3 aromatic heterocycles. The molecule has 0 atom stereocenters. The summed E-state index contributed by atoms with van der Waals surface area (Å²) < 4.78 is 6.93. The van der Waals surface area contributed by atoms with Crippen molar-refractivity contribution < 1.29 is 4.42 Å². The zero-order valence-corrected chi connectivity index (χ0v) is 13.7. The van der Waals surface area contributed by atoms with Crippen LogP contribution in [-0.4, -0.2) is 19.8 Å². The van der Waals surface area contributed by atoms with Gasteiger partial charge in [0.15, 0.2) is 5.76 Å². The van der Waals surface area contributed by atoms with Gasteiger partial charge in [0.1, 0.15) is 11.2 Å². The summed E-state index contributed by atoms with van der Waals surface area (Å²) in [6, 6.07) is 13.5. The van der Waals surface area contributed by atoms with Gasteiger partial charge in [-0.2, -0.15) is 5.10 Å². The van der Waals surface area contributed by atoms with Gasteiger partial charge < -0.3 is 4.42 Å². The lowest BCUT2D eigenvalue weighted by Gasteiger charge is -2.05. The van der Waals surface area contributed by atoms with Crippen LogP contribution in [0.1, 0.15) is 11.1 Å². The Morgan fingerprint density at radius 3 is 2.92 bits per heavy atom. The van der Waals surface area contributed by atoms with Gasteiger partial charge in [0.25, 0.3) is 5.56 Å². The fourth-order valence-electron chi connectivity index (χ4n) is 2.44. The lowest BCUT2D eigenvalue weighted by molar-refractivity contribution is 0.578. The number of furan rings is 1. The molecule has 4 rings (SSSR count). The van der Waals surface area contributed by atoms with Crippen LogP contribution in [0.2, 0.25) is 0 Å². The molecule has 0 bridgehead atoms. The standard InChI is InChI=1S/C17H14N4O2S/c1-11-5-2-3-6-12(11)10-24-17-19-18-16(22)14-9-13(20-21(14)17)15-7-4-8-23-15/h2-9H,10H2,1H3,(H,18,22). The van der Waals surface area contributed by atoms with Crippen LogP contribution in [0.4, 0.5) is 0 Å². The Morgan fingerprint density at radius 1 is 1.25 bits per heavy atom. The van der Waals surface area contributed by atoms with Crippen molar-refractivity contribution in [1.82, 2.24) is 19.8 Å². The molecule has 1 N–H and O–H groups in total. The maximum atomic E-state index is 12.0. The number of nitrogens with zero attached hydrogens (tertiary/aromatic N) is 3. The van der Waals surface area contributed by atoms with Crippen molar-refractivity contribution in [1.29, 1.82) is 0 Å². The van der Waals surface area contributed by atoms with Crippen LogP contribution >= 0.6 is 11.8 Å². The van der Waals surface area contributed by atoms with E-state index < -0.39 is 0 Å². The third-order valence-corrected chi connectivity index (χ3v) is 4.75. The molecule has 0 saturated heterocycles. The van der Waals surface area contributed by atoms with Crippen molar-refractivity contribution in [3.05, 3.63) is 70.2 Å². The van der Waals surface area contributed by atoms with E-state index in [2.05, 4.69) is 34.4 Å². The zero-order chi connectivity index (χ0) is 16.5. The number of fused-ring (bicyclic) bond motifs is 1. The van der Waals surface area contributed by atoms with Crippen LogP contribution in [0.3, 0.4) is 0 Å². The summed E-state index contributed by atoms with van der Waals surface area (Å²) in [6.07, 6.45) is 1.58. The maximum Gasteiger partial charge on any atom is 0.290 e. The number of benzene rings is 1. The number of thioether (sulfide) groups is 1. The average molecular weight is 338 g/mol. The predicted octanol–water partition coefficient (Wildman–Crippen LogP) is 3.28. The van der Waals surface area contributed by atoms with E-state index in [-0.39, 0.29) is 5.56 Å². The summed E-state index contributed by atoms with van der Waals surface area (Å²) in [5.74, 6) is 1.37. The minimum absolute atomic E-state index is 0.277. The van der Waals surface area contributed by atoms with E-state index in [1.54, 1.807) is 22.9 Å². The van der Waals surface area contributed by atoms with Gasteiger partial charge in [0.05, 0.1) is 6.26 Å². The third kappa shape index (κ3) is 2.63. The molecule has 7 heteroatoms. The largest absolute Gasteiger partial charge is 0.463 e. The first-order valence-corrected chi connectivity index (χ1v) is 8.40. The molecular weight excluding hydrogens is 324 g/mol. The topological polar surface area (TPSA) is 76.2 Å². The molecule has 0 spiro atoms. The number of nitrogens with one attached hydrogen (secondary N) is 1. The van der Waals surface area contributed by atoms with Crippen molar-refractivity contribution in [3.8, 4) is 11.5 Å². The quantitative estimate of drug-likeness (QED) is 0.578. The summed E-state index contributed by atoms with van der Waals surface area (Å²) in [5, 5.41) is 11.8. The lowest BCUT2D eigenvalue weighted by Crippen LogP contribution is -2.13. The molecule has 0 radical (unpaired) electrons. The van der Waals surface area contributed by atoms with Crippen LogP contribution in [0.25, 0.3) is 17.0 Å². The van der Waals surface area contributed by atoms with Crippen LogP contribution in [0, 0.1) is 6.92 Å². The molecule has 4 aromatic rings. The molecule has 0 amide bonds. The van der Waals surface area contributed by atoms with E-state index in [0.29, 0.717) is 22.1 Å². The van der Waals surface area contributed by atoms with Crippen LogP contribution < -0.4 is 5.56 Å². The molecule has 120 valence electrons. The van der Waals surface area contributed by atoms with E-state index >= 15 is 0 Å². The monoisotopic (exact) mass is 338 g/mol. The summed E-state index contributed by atoms with van der Waals surface area (Å²) in [6.45, 7) is 2.08. The molecular formula is C17H14N4O2S. The molecule has 0 fully saturated rings. The minimum atomic E-state index is -0.277. The van der Waals surface area contributed by atoms with Gasteiger partial charge in [-0.1, -0.05) is 36.0 Å². The van der Waals surface area contributed by atoms with Gasteiger partial charge in [-0.3, -0.25) is 4.79 Å². The average Bonchev–Trinajstić information content (AvgIpc) is 3.25. The highest BCUT2D eigenvalue weighted by Gasteiger charge is 2.14. The van der Waals surface area contributed by atoms with E-state index in [1.165, 1.54) is 22.9 Å². The molecule has 6 nitrogen and oxygen atoms in total. The lowest BCUT2D eigenvalue weighted by atomic mass is 10.1. The Morgan fingerprint density at radius 2 is 2.12 bits per heavy atom. The molecule has 0 unspecified atom stereocenters. The van der Waals surface area contributed by atoms with Gasteiger partial charge in [-0.25, -0.2) is 9.61 Å². The van der Waals surface area contributed by atoms with Crippen molar-refractivity contribution in [2.45, 2.75) is 17.8 Å². The van der Waals surface area contributed by atoms with Crippen LogP contribution in [0.15, 0.2) is 63.1 Å². The minimum Gasteiger partial charge on any atom is -0.463 e. The molecule has 0 aliphatic carbocycles. The first-order chi connectivity index (χ1) is 11.7. The molecule has 0 saturated carbocycles. The smallest absolute Gasteiger partial charge is 0.290 e. The van der Waals surface area contributed by atoms with Gasteiger partial charge in [0.2, 0.25) is 5.16 Å². The van der Waals surface area contributed by atoms with Crippen molar-refractivity contribution >= 4 is 17.3 Å². The van der Waals surface area contributed by atoms with Gasteiger partial charge >= 0.3 is 0 Å². The van der Waals surface area contributed by atoms with E-state index in [4.69, 9.17) is 4.42 Å². The summed E-state index contributed by atoms with van der Waals surface area (Å²) in [7, 11) is 0. The van der Waals surface area contributed by atoms with E-state index in [0.717, 1.165) is 5.75 Å². The fourth-order valence-corrected chi connectivity index (χ4v) is 3.42. The van der Waals surface area contributed by atoms with Gasteiger partial charge in [-0.15, -0.1) is 5.10 Å². The number of H-pyrrole nitrogens is 1. The number of rotatable bonds is 4. The molecule has 24 heavy (non-hydrogen) atoms. The van der Waals surface area contributed by atoms with E-state index in [9.17, 15) is 4.79 Å². The van der Waals surface area contributed by atoms with E-state index in [1.807, 2.05) is 18.2 Å². The Hall–Kier alpha value is -2.80. The first-order valence-electron chi connectivity index (χ1n) is 7.42. The molecule has 3 heterocycles. The SMILES string of the molecule is Cc1ccccc1CSc1n[nH]c(=O)c2cc(-c3ccco3)nn12. The number of aryl methyl sites for hydroxylation is 1. The number of aromatic nitrogens is 4. The second-order valence-electron chi connectivity index (χ2n) is 5.35. The molecule has 0 aliphatic rings. The molecule has 0 aliphatic heterocycles. The summed E-state index contributed by atoms with van der Waals surface area (Å²) in [5.41, 5.74) is 3.23. The maximum absolute atomic E-state index is 12.0. The first kappa shape index (κ1) is 14.8. The Bertz CT molecular complexity index is 1050. The predicted molar refractivity (Wildman–Crippen MR) is 92.0 cm³/mol. The molecule has 1 aromatic carbocycles. The highest BCUT2D eigenvalue weighted by molar-refractivity contribution is 7.98. The van der Waals surface area contributed by atoms with Crippen LogP contribution in [0.5, 0.6) is 0 Å². The van der Waals surface area contributed by atoms with Crippen molar-refractivity contribution in [3.63, 3.8) is 0 Å². The number of hydrogen-bond donors (Lipinski definition) is 1. The summed E-state index contributed by atoms with van der Waals surface area (Å²) >= 11 is 1.53. The van der Waals surface area contributed by atoms with Gasteiger partial charge in [0, 0.05) is 11.8 Å². The third-order valence-electron chi connectivity index (χ3n) is 3.77. The van der Waals surface area contributed by atoms with Gasteiger partial charge in [-0.05, 0) is 30.2 Å². The highest BCUT2D eigenvalue weighted by atomic mass is 32.2. The van der Waals surface area contributed by atoms with Crippen LogP contribution in [-0.2, 0) is 5.75 Å². The fraction of sp³-hybridized carbons (Fsp3) is 0.118. The zero-order valence-electron chi connectivity index (χ0n) is 12.9. The highest BCUT2D eigenvalue weighted by Crippen LogP contribution is 2.24. The Kier molecular flexibility index (Phi) is 3.70.